The van der Waals surface area contributed by atoms with Gasteiger partial charge in [0, 0.05) is 24.7 Å². The third-order valence-electron chi connectivity index (χ3n) is 8.17. The topological polar surface area (TPSA) is 98.5 Å². The fraction of sp³-hybridized carbons (Fsp3) is 0.727. The Balaban J connectivity index is 1.60. The minimum Gasteiger partial charge on any atom is -0.472 e. The highest BCUT2D eigenvalue weighted by atomic mass is 16.6. The van der Waals surface area contributed by atoms with Crippen molar-refractivity contribution in [3.05, 3.63) is 24.2 Å². The molecule has 0 radical (unpaired) electrons. The second-order valence-corrected chi connectivity index (χ2v) is 9.61. The first kappa shape index (κ1) is 19.1. The van der Waals surface area contributed by atoms with E-state index in [1.54, 1.807) is 12.5 Å². The maximum atomic E-state index is 12.9. The molecule has 2 aliphatic heterocycles. The Morgan fingerprint density at radius 3 is 2.79 bits per heavy atom. The number of carbonyl (C=O) groups excluding carboxylic acids is 2. The molecular weight excluding hydrogens is 376 g/mol. The van der Waals surface area contributed by atoms with Crippen molar-refractivity contribution < 1.29 is 33.3 Å². The summed E-state index contributed by atoms with van der Waals surface area (Å²) in [6.45, 7) is 3.86. The van der Waals surface area contributed by atoms with Crippen molar-refractivity contribution in [3.63, 3.8) is 0 Å². The molecule has 2 saturated heterocycles. The van der Waals surface area contributed by atoms with Gasteiger partial charge in [0.15, 0.2) is 0 Å². The quantitative estimate of drug-likeness (QED) is 0.608. The number of hydrogen-bond acceptors (Lipinski definition) is 7. The summed E-state index contributed by atoms with van der Waals surface area (Å²) in [7, 11) is 0. The van der Waals surface area contributed by atoms with Crippen LogP contribution in [0.4, 0.5) is 0 Å². The molecule has 4 fully saturated rings. The van der Waals surface area contributed by atoms with E-state index in [0.717, 1.165) is 12.0 Å². The van der Waals surface area contributed by atoms with E-state index in [-0.39, 0.29) is 24.5 Å². The summed E-state index contributed by atoms with van der Waals surface area (Å²) in [4.78, 5) is 24.8. The van der Waals surface area contributed by atoms with Gasteiger partial charge in [0.25, 0.3) is 0 Å². The van der Waals surface area contributed by atoms with Crippen molar-refractivity contribution in [3.8, 4) is 0 Å². The zero-order chi connectivity index (χ0) is 20.5. The summed E-state index contributed by atoms with van der Waals surface area (Å²) in [5.74, 6) is -0.914. The Morgan fingerprint density at radius 2 is 2.14 bits per heavy atom. The van der Waals surface area contributed by atoms with E-state index >= 15 is 0 Å². The van der Waals surface area contributed by atoms with Gasteiger partial charge in [-0.15, -0.1) is 0 Å². The second-order valence-electron chi connectivity index (χ2n) is 9.61. The van der Waals surface area contributed by atoms with Crippen molar-refractivity contribution in [2.45, 2.75) is 69.7 Å². The first-order valence-electron chi connectivity index (χ1n) is 10.5. The van der Waals surface area contributed by atoms with Crippen molar-refractivity contribution in [2.75, 3.05) is 13.2 Å². The Kier molecular flexibility index (Phi) is 4.01. The fourth-order valence-corrected chi connectivity index (χ4v) is 6.86. The summed E-state index contributed by atoms with van der Waals surface area (Å²) < 4.78 is 22.6. The van der Waals surface area contributed by atoms with E-state index in [0.29, 0.717) is 38.7 Å². The molecule has 7 nitrogen and oxygen atoms in total. The number of epoxide rings is 1. The SMILES string of the molecule is CC(=O)O[C@@H]1C[C@@]2(CO2)[C@](O)(CCc2ccoc2)[C@]23CCC[C@](C)(C(=O)OC2)C13. The van der Waals surface area contributed by atoms with Crippen LogP contribution in [0.3, 0.4) is 0 Å². The lowest BCUT2D eigenvalue weighted by atomic mass is 9.41. The van der Waals surface area contributed by atoms with Gasteiger partial charge in [-0.25, -0.2) is 0 Å². The maximum Gasteiger partial charge on any atom is 0.312 e. The summed E-state index contributed by atoms with van der Waals surface area (Å²) in [6, 6.07) is 1.90. The largest absolute Gasteiger partial charge is 0.472 e. The van der Waals surface area contributed by atoms with Crippen LogP contribution in [0, 0.1) is 16.7 Å². The van der Waals surface area contributed by atoms with Crippen molar-refractivity contribution in [1.82, 2.24) is 0 Å². The van der Waals surface area contributed by atoms with Crippen molar-refractivity contribution >= 4 is 11.9 Å². The van der Waals surface area contributed by atoms with Gasteiger partial charge in [0.1, 0.15) is 23.9 Å². The number of cyclic esters (lactones) is 1. The predicted octanol–water partition coefficient (Wildman–Crippen LogP) is 2.40. The maximum absolute atomic E-state index is 12.9. The molecule has 2 saturated carbocycles. The first-order valence-corrected chi connectivity index (χ1v) is 10.5. The van der Waals surface area contributed by atoms with E-state index in [2.05, 4.69) is 0 Å². The van der Waals surface area contributed by atoms with Crippen molar-refractivity contribution in [2.24, 2.45) is 16.7 Å². The van der Waals surface area contributed by atoms with E-state index < -0.39 is 28.1 Å². The zero-order valence-corrected chi connectivity index (χ0v) is 16.9. The molecule has 2 aliphatic carbocycles. The van der Waals surface area contributed by atoms with E-state index in [1.807, 2.05) is 13.0 Å². The molecule has 1 aromatic rings. The highest BCUT2D eigenvalue weighted by molar-refractivity contribution is 5.79. The lowest BCUT2D eigenvalue weighted by Crippen LogP contribution is -2.76. The van der Waals surface area contributed by atoms with Crippen LogP contribution in [0.2, 0.25) is 0 Å². The monoisotopic (exact) mass is 404 g/mol. The van der Waals surface area contributed by atoms with Gasteiger partial charge in [-0.1, -0.05) is 6.42 Å². The van der Waals surface area contributed by atoms with Crippen LogP contribution in [0.25, 0.3) is 0 Å². The number of aryl methyl sites for hydroxylation is 1. The molecule has 4 aliphatic rings. The summed E-state index contributed by atoms with van der Waals surface area (Å²) in [5, 5.41) is 12.3. The molecule has 5 rings (SSSR count). The standard InChI is InChI=1S/C22H28O7/c1-14(23)29-16-10-21(13-28-21)22(25,8-4-15-5-9-26-11-15)20-7-3-6-19(2,17(16)20)18(24)27-12-20/h5,9,11,16-17,25H,3-4,6-8,10,12-13H2,1-2H3/t16-,17?,19+,20-,21-,22+/m1/s1. The molecule has 29 heavy (non-hydrogen) atoms. The number of esters is 2. The molecule has 2 bridgehead atoms. The fourth-order valence-electron chi connectivity index (χ4n) is 6.86. The Morgan fingerprint density at radius 1 is 1.34 bits per heavy atom. The lowest BCUT2D eigenvalue weighted by Gasteiger charge is -2.66. The molecule has 1 aromatic heterocycles. The van der Waals surface area contributed by atoms with Crippen LogP contribution in [-0.2, 0) is 30.2 Å². The molecule has 3 heterocycles. The molecule has 6 atom stereocenters. The molecule has 1 spiro atoms. The molecule has 0 aromatic carbocycles. The van der Waals surface area contributed by atoms with Crippen molar-refractivity contribution in [1.29, 1.82) is 0 Å². The average Bonchev–Trinajstić information content (AvgIpc) is 3.24. The third-order valence-corrected chi connectivity index (χ3v) is 8.17. The van der Waals surface area contributed by atoms with Gasteiger partial charge < -0.3 is 23.7 Å². The molecule has 1 unspecified atom stereocenters. The van der Waals surface area contributed by atoms with E-state index in [4.69, 9.17) is 18.6 Å². The van der Waals surface area contributed by atoms with Gasteiger partial charge in [-0.05, 0) is 44.2 Å². The van der Waals surface area contributed by atoms with Gasteiger partial charge >= 0.3 is 11.9 Å². The van der Waals surface area contributed by atoms with Crippen LogP contribution in [0.5, 0.6) is 0 Å². The van der Waals surface area contributed by atoms with Gasteiger partial charge in [0.2, 0.25) is 0 Å². The average molecular weight is 404 g/mol. The Hall–Kier alpha value is -1.86. The number of furan rings is 1. The van der Waals surface area contributed by atoms with Crippen LogP contribution in [-0.4, -0.2) is 47.6 Å². The summed E-state index contributed by atoms with van der Waals surface area (Å²) in [6.07, 6.45) is 6.56. The number of carbonyl (C=O) groups is 2. The molecule has 158 valence electrons. The third kappa shape index (κ3) is 2.43. The molecular formula is C22H28O7. The van der Waals surface area contributed by atoms with Gasteiger partial charge in [-0.3, -0.25) is 9.59 Å². The molecule has 7 heteroatoms. The summed E-state index contributed by atoms with van der Waals surface area (Å²) in [5.41, 5.74) is -2.42. The first-order chi connectivity index (χ1) is 13.8. The van der Waals surface area contributed by atoms with Gasteiger partial charge in [-0.2, -0.15) is 0 Å². The smallest absolute Gasteiger partial charge is 0.312 e. The van der Waals surface area contributed by atoms with Crippen LogP contribution in [0.15, 0.2) is 23.0 Å². The highest BCUT2D eigenvalue weighted by Crippen LogP contribution is 2.70. The highest BCUT2D eigenvalue weighted by Gasteiger charge is 2.80. The minimum atomic E-state index is -1.18. The second kappa shape index (κ2) is 6.08. The molecule has 0 amide bonds. The zero-order valence-electron chi connectivity index (χ0n) is 16.9. The predicted molar refractivity (Wildman–Crippen MR) is 99.7 cm³/mol. The van der Waals surface area contributed by atoms with E-state index in [9.17, 15) is 14.7 Å². The van der Waals surface area contributed by atoms with Crippen LogP contribution < -0.4 is 0 Å². The number of aliphatic hydroxyl groups is 1. The summed E-state index contributed by atoms with van der Waals surface area (Å²) >= 11 is 0. The van der Waals surface area contributed by atoms with Gasteiger partial charge in [0.05, 0.1) is 24.5 Å². The Labute approximate surface area is 169 Å². The molecule has 1 N–H and O–H groups in total. The Bertz CT molecular complexity index is 828. The number of rotatable bonds is 4. The normalized spacial score (nSPS) is 45.4. The lowest BCUT2D eigenvalue weighted by molar-refractivity contribution is -0.296. The van der Waals surface area contributed by atoms with Crippen LogP contribution in [0.1, 0.15) is 51.5 Å². The minimum absolute atomic E-state index is 0.136. The van der Waals surface area contributed by atoms with Crippen LogP contribution >= 0.6 is 0 Å². The number of ether oxygens (including phenoxy) is 3. The number of hydrogen-bond donors (Lipinski definition) is 1. The van der Waals surface area contributed by atoms with E-state index in [1.165, 1.54) is 6.92 Å².